The molecule has 94 valence electrons. The van der Waals surface area contributed by atoms with Crippen LogP contribution in [-0.4, -0.2) is 30.7 Å². The van der Waals surface area contributed by atoms with Gasteiger partial charge in [0.25, 0.3) is 0 Å². The lowest BCUT2D eigenvalue weighted by molar-refractivity contribution is -0.118. The topological polar surface area (TPSA) is 64.1 Å². The molecule has 0 saturated carbocycles. The van der Waals surface area contributed by atoms with Crippen LogP contribution in [0.3, 0.4) is 0 Å². The maximum atomic E-state index is 11.6. The summed E-state index contributed by atoms with van der Waals surface area (Å²) in [6, 6.07) is 3.58. The fourth-order valence-corrected chi connectivity index (χ4v) is 2.32. The lowest BCUT2D eigenvalue weighted by Gasteiger charge is -2.02. The average Bonchev–Trinajstić information content (AvgIpc) is 2.30. The number of carbonyl (C=O) groups excluding carboxylic acids is 1. The second kappa shape index (κ2) is 6.49. The highest BCUT2D eigenvalue weighted by molar-refractivity contribution is 7.91. The second-order valence-electron chi connectivity index (χ2n) is 3.91. The fourth-order valence-electron chi connectivity index (χ4n) is 1.45. The molecule has 0 aliphatic rings. The molecule has 5 heteroatoms. The molecule has 0 N–H and O–H groups in total. The summed E-state index contributed by atoms with van der Waals surface area (Å²) in [6.07, 6.45) is 4.38. The number of nitrogens with zero attached hydrogens (tertiary/aromatic N) is 1. The zero-order chi connectivity index (χ0) is 12.7. The summed E-state index contributed by atoms with van der Waals surface area (Å²) in [7, 11) is -2.95. The van der Waals surface area contributed by atoms with Gasteiger partial charge in [0.05, 0.1) is 5.75 Å². The molecule has 0 spiro atoms. The number of rotatable bonds is 7. The minimum Gasteiger partial charge on any atom is -0.299 e. The number of ketones is 1. The third-order valence-electron chi connectivity index (χ3n) is 2.50. The molecule has 1 aromatic rings. The van der Waals surface area contributed by atoms with E-state index in [1.54, 1.807) is 31.5 Å². The standard InChI is InChI=1S/C12H17NO3S/c1-2-17(15,16)9-3-4-12(14)10-11-5-7-13-8-6-11/h5-8H,2-4,9-10H2,1H3. The second-order valence-corrected chi connectivity index (χ2v) is 6.38. The van der Waals surface area contributed by atoms with E-state index < -0.39 is 9.84 Å². The minimum absolute atomic E-state index is 0.0718. The van der Waals surface area contributed by atoms with Gasteiger partial charge in [-0.2, -0.15) is 0 Å². The Morgan fingerprint density at radius 1 is 1.29 bits per heavy atom. The maximum absolute atomic E-state index is 11.6. The molecule has 1 heterocycles. The van der Waals surface area contributed by atoms with Crippen molar-refractivity contribution in [1.82, 2.24) is 4.98 Å². The molecular weight excluding hydrogens is 238 g/mol. The Morgan fingerprint density at radius 3 is 2.53 bits per heavy atom. The van der Waals surface area contributed by atoms with Gasteiger partial charge in [-0.3, -0.25) is 9.78 Å². The first-order chi connectivity index (χ1) is 8.03. The molecule has 1 aromatic heterocycles. The number of hydrogen-bond donors (Lipinski definition) is 0. The first kappa shape index (κ1) is 13.8. The zero-order valence-electron chi connectivity index (χ0n) is 9.93. The molecule has 0 radical (unpaired) electrons. The maximum Gasteiger partial charge on any atom is 0.150 e. The lowest BCUT2D eigenvalue weighted by Crippen LogP contribution is -2.11. The monoisotopic (exact) mass is 255 g/mol. The first-order valence-electron chi connectivity index (χ1n) is 5.64. The normalized spacial score (nSPS) is 11.4. The van der Waals surface area contributed by atoms with E-state index in [9.17, 15) is 13.2 Å². The first-order valence-corrected chi connectivity index (χ1v) is 7.46. The van der Waals surface area contributed by atoms with E-state index in [1.807, 2.05) is 0 Å². The van der Waals surface area contributed by atoms with Crippen LogP contribution in [0.1, 0.15) is 25.3 Å². The van der Waals surface area contributed by atoms with Crippen LogP contribution < -0.4 is 0 Å². The molecule has 0 atom stereocenters. The summed E-state index contributed by atoms with van der Waals surface area (Å²) in [6.45, 7) is 1.62. The molecule has 0 bridgehead atoms. The summed E-state index contributed by atoms with van der Waals surface area (Å²) in [5.74, 6) is 0.319. The Bertz CT molecular complexity index is 454. The van der Waals surface area contributed by atoms with Crippen molar-refractivity contribution < 1.29 is 13.2 Å². The molecule has 0 fully saturated rings. The highest BCUT2D eigenvalue weighted by atomic mass is 32.2. The molecule has 0 aromatic carbocycles. The number of pyridine rings is 1. The Balaban J connectivity index is 2.32. The number of hydrogen-bond acceptors (Lipinski definition) is 4. The predicted molar refractivity (Wildman–Crippen MR) is 66.5 cm³/mol. The Morgan fingerprint density at radius 2 is 1.94 bits per heavy atom. The Hall–Kier alpha value is -1.23. The van der Waals surface area contributed by atoms with Gasteiger partial charge >= 0.3 is 0 Å². The molecule has 4 nitrogen and oxygen atoms in total. The molecule has 0 aliphatic heterocycles. The number of carbonyl (C=O) groups is 1. The summed E-state index contributed by atoms with van der Waals surface area (Å²) in [5.41, 5.74) is 0.920. The Labute approximate surface area is 102 Å². The van der Waals surface area contributed by atoms with E-state index >= 15 is 0 Å². The highest BCUT2D eigenvalue weighted by Gasteiger charge is 2.09. The van der Waals surface area contributed by atoms with Crippen molar-refractivity contribution in [3.05, 3.63) is 30.1 Å². The van der Waals surface area contributed by atoms with Crippen LogP contribution in [0.2, 0.25) is 0 Å². The van der Waals surface area contributed by atoms with Gasteiger partial charge in [0, 0.05) is 31.0 Å². The van der Waals surface area contributed by atoms with E-state index in [4.69, 9.17) is 0 Å². The van der Waals surface area contributed by atoms with Gasteiger partial charge in [-0.15, -0.1) is 0 Å². The predicted octanol–water partition coefficient (Wildman–Crippen LogP) is 1.41. The molecular formula is C12H17NO3S. The summed E-state index contributed by atoms with van der Waals surface area (Å²) in [4.78, 5) is 15.4. The summed E-state index contributed by atoms with van der Waals surface area (Å²) in [5, 5.41) is 0. The summed E-state index contributed by atoms with van der Waals surface area (Å²) >= 11 is 0. The van der Waals surface area contributed by atoms with Crippen LogP contribution in [0.5, 0.6) is 0 Å². The van der Waals surface area contributed by atoms with Crippen LogP contribution >= 0.6 is 0 Å². The number of aromatic nitrogens is 1. The molecule has 0 amide bonds. The molecule has 0 unspecified atom stereocenters. The quantitative estimate of drug-likeness (QED) is 0.739. The van der Waals surface area contributed by atoms with Crippen molar-refractivity contribution >= 4 is 15.6 Å². The van der Waals surface area contributed by atoms with Crippen molar-refractivity contribution in [2.45, 2.75) is 26.2 Å². The van der Waals surface area contributed by atoms with Crippen molar-refractivity contribution in [2.24, 2.45) is 0 Å². The van der Waals surface area contributed by atoms with E-state index in [0.717, 1.165) is 5.56 Å². The average molecular weight is 255 g/mol. The van der Waals surface area contributed by atoms with E-state index in [2.05, 4.69) is 4.98 Å². The van der Waals surface area contributed by atoms with E-state index in [1.165, 1.54) is 0 Å². The Kier molecular flexibility index (Phi) is 5.28. The van der Waals surface area contributed by atoms with Crippen molar-refractivity contribution in [2.75, 3.05) is 11.5 Å². The molecule has 1 rings (SSSR count). The van der Waals surface area contributed by atoms with Gasteiger partial charge < -0.3 is 0 Å². The largest absolute Gasteiger partial charge is 0.299 e. The van der Waals surface area contributed by atoms with Crippen molar-refractivity contribution in [3.63, 3.8) is 0 Å². The third kappa shape index (κ3) is 5.58. The van der Waals surface area contributed by atoms with Crippen LogP contribution in [0, 0.1) is 0 Å². The summed E-state index contributed by atoms with van der Waals surface area (Å²) < 4.78 is 22.4. The number of Topliss-reactive ketones (excluding diaryl/α,β-unsaturated/α-hetero) is 1. The lowest BCUT2D eigenvalue weighted by atomic mass is 10.1. The van der Waals surface area contributed by atoms with Gasteiger partial charge in [-0.05, 0) is 24.1 Å². The van der Waals surface area contributed by atoms with Crippen LogP contribution in [0.15, 0.2) is 24.5 Å². The van der Waals surface area contributed by atoms with Gasteiger partial charge in [-0.1, -0.05) is 6.92 Å². The third-order valence-corrected chi connectivity index (χ3v) is 4.29. The van der Waals surface area contributed by atoms with Crippen LogP contribution in [0.25, 0.3) is 0 Å². The van der Waals surface area contributed by atoms with Crippen LogP contribution in [-0.2, 0) is 21.1 Å². The number of sulfone groups is 1. The van der Waals surface area contributed by atoms with Gasteiger partial charge in [0.15, 0.2) is 0 Å². The highest BCUT2D eigenvalue weighted by Crippen LogP contribution is 2.04. The van der Waals surface area contributed by atoms with E-state index in [-0.39, 0.29) is 17.3 Å². The van der Waals surface area contributed by atoms with Gasteiger partial charge in [-0.25, -0.2) is 8.42 Å². The molecule has 0 aliphatic carbocycles. The van der Waals surface area contributed by atoms with Gasteiger partial charge in [0.1, 0.15) is 15.6 Å². The van der Waals surface area contributed by atoms with Gasteiger partial charge in [0.2, 0.25) is 0 Å². The molecule has 0 saturated heterocycles. The van der Waals surface area contributed by atoms with E-state index in [0.29, 0.717) is 19.3 Å². The minimum atomic E-state index is -2.95. The fraction of sp³-hybridized carbons (Fsp3) is 0.500. The van der Waals surface area contributed by atoms with Crippen molar-refractivity contribution in [3.8, 4) is 0 Å². The zero-order valence-corrected chi connectivity index (χ0v) is 10.7. The molecule has 17 heavy (non-hydrogen) atoms. The SMILES string of the molecule is CCS(=O)(=O)CCCC(=O)Cc1ccncc1. The van der Waals surface area contributed by atoms with Crippen LogP contribution in [0.4, 0.5) is 0 Å². The van der Waals surface area contributed by atoms with Crippen molar-refractivity contribution in [1.29, 1.82) is 0 Å². The smallest absolute Gasteiger partial charge is 0.150 e.